The van der Waals surface area contributed by atoms with Crippen molar-refractivity contribution in [2.75, 3.05) is 12.8 Å². The largest absolute Gasteiger partial charge is 0.496 e. The van der Waals surface area contributed by atoms with Crippen LogP contribution in [-0.2, 0) is 0 Å². The van der Waals surface area contributed by atoms with Gasteiger partial charge in [0, 0.05) is 5.56 Å². The first-order valence-corrected chi connectivity index (χ1v) is 6.34. The normalized spacial score (nSPS) is 10.4. The molecular weight excluding hydrogens is 385 g/mol. The van der Waals surface area contributed by atoms with Gasteiger partial charge in [0.15, 0.2) is 5.82 Å². The highest BCUT2D eigenvalue weighted by Crippen LogP contribution is 2.32. The van der Waals surface area contributed by atoms with Crippen molar-refractivity contribution >= 4 is 44.3 Å². The summed E-state index contributed by atoms with van der Waals surface area (Å²) in [7, 11) is 1.64. The van der Waals surface area contributed by atoms with Gasteiger partial charge in [0.1, 0.15) is 5.75 Å². The lowest BCUT2D eigenvalue weighted by atomic mass is 10.1. The smallest absolute Gasteiger partial charge is 0.159 e. The summed E-state index contributed by atoms with van der Waals surface area (Å²) < 4.78 is 7.00. The van der Waals surface area contributed by atoms with Crippen molar-refractivity contribution < 1.29 is 4.74 Å². The van der Waals surface area contributed by atoms with E-state index in [0.29, 0.717) is 5.82 Å². The minimum Gasteiger partial charge on any atom is -0.496 e. The minimum absolute atomic E-state index is 0.516. The van der Waals surface area contributed by atoms with Gasteiger partial charge in [-0.1, -0.05) is 0 Å². The molecule has 4 nitrogen and oxygen atoms in total. The molecule has 0 aliphatic rings. The van der Waals surface area contributed by atoms with Gasteiger partial charge in [-0.05, 0) is 56.7 Å². The number of benzene rings is 1. The average Bonchev–Trinajstić information content (AvgIpc) is 2.60. The fourth-order valence-electron chi connectivity index (χ4n) is 1.36. The summed E-state index contributed by atoms with van der Waals surface area (Å²) >= 11 is 5.61. The van der Waals surface area contributed by atoms with Gasteiger partial charge >= 0.3 is 0 Å². The third-order valence-electron chi connectivity index (χ3n) is 2.17. The zero-order valence-corrected chi connectivity index (χ0v) is 12.2. The van der Waals surface area contributed by atoms with Crippen LogP contribution in [0.2, 0.25) is 0 Å². The van der Waals surface area contributed by atoms with Crippen molar-refractivity contribution in [1.29, 1.82) is 0 Å². The molecule has 0 aliphatic heterocycles. The molecule has 0 atom stereocenters. The number of anilines is 1. The molecule has 1 aromatic heterocycles. The van der Waals surface area contributed by atoms with Crippen LogP contribution in [-0.4, -0.2) is 17.3 Å². The first kappa shape index (κ1) is 11.7. The summed E-state index contributed by atoms with van der Waals surface area (Å²) in [6.45, 7) is 0. The Balaban J connectivity index is 2.49. The Morgan fingerprint density at radius 1 is 1.50 bits per heavy atom. The number of nitrogens with one attached hydrogen (secondary N) is 1. The average molecular weight is 394 g/mol. The van der Waals surface area contributed by atoms with Crippen LogP contribution in [0.15, 0.2) is 22.7 Å². The number of hydrogen-bond acceptors (Lipinski definition) is 3. The number of nitrogens with zero attached hydrogens (tertiary/aromatic N) is 1. The first-order valence-electron chi connectivity index (χ1n) is 4.46. The van der Waals surface area contributed by atoms with Crippen LogP contribution in [0.4, 0.5) is 5.82 Å². The van der Waals surface area contributed by atoms with Crippen molar-refractivity contribution in [3.05, 3.63) is 26.2 Å². The van der Waals surface area contributed by atoms with Crippen molar-refractivity contribution in [1.82, 2.24) is 10.2 Å². The molecule has 16 heavy (non-hydrogen) atoms. The van der Waals surface area contributed by atoms with Crippen molar-refractivity contribution in [2.24, 2.45) is 0 Å². The second kappa shape index (κ2) is 4.62. The summed E-state index contributed by atoms with van der Waals surface area (Å²) in [5.41, 5.74) is 7.62. The zero-order valence-electron chi connectivity index (χ0n) is 8.42. The Bertz CT molecular complexity index is 527. The molecule has 0 unspecified atom stereocenters. The number of H-pyrrole nitrogens is 1. The summed E-state index contributed by atoms with van der Waals surface area (Å²) in [5, 5.41) is 6.87. The number of aromatic nitrogens is 2. The third kappa shape index (κ3) is 2.03. The molecule has 0 fully saturated rings. The van der Waals surface area contributed by atoms with Gasteiger partial charge in [0.25, 0.3) is 0 Å². The highest BCUT2D eigenvalue weighted by molar-refractivity contribution is 14.1. The molecule has 1 heterocycles. The molecule has 2 rings (SSSR count). The molecule has 0 spiro atoms. The van der Waals surface area contributed by atoms with Gasteiger partial charge in [-0.2, -0.15) is 5.10 Å². The van der Waals surface area contributed by atoms with E-state index >= 15 is 0 Å². The summed E-state index contributed by atoms with van der Waals surface area (Å²) in [4.78, 5) is 0. The molecule has 0 bridgehead atoms. The monoisotopic (exact) mass is 393 g/mol. The Hall–Kier alpha value is -0.760. The number of aromatic amines is 1. The Morgan fingerprint density at radius 2 is 2.25 bits per heavy atom. The lowest BCUT2D eigenvalue weighted by molar-refractivity contribution is 0.412. The van der Waals surface area contributed by atoms with E-state index in [2.05, 4.69) is 48.7 Å². The van der Waals surface area contributed by atoms with Crippen LogP contribution >= 0.6 is 38.5 Å². The standard InChI is InChI=1S/C10H9BrIN3O/c1-16-7-3-2-5(4-6(7)11)9-8(12)10(13)15-14-9/h2-4H,1H3,(H3,13,14,15). The Morgan fingerprint density at radius 3 is 2.75 bits per heavy atom. The number of rotatable bonds is 2. The van der Waals surface area contributed by atoms with E-state index in [4.69, 9.17) is 10.5 Å². The van der Waals surface area contributed by atoms with Gasteiger partial charge in [-0.15, -0.1) is 0 Å². The van der Waals surface area contributed by atoms with Gasteiger partial charge in [0.2, 0.25) is 0 Å². The maximum Gasteiger partial charge on any atom is 0.159 e. The molecule has 0 amide bonds. The molecule has 2 aromatic rings. The predicted octanol–water partition coefficient (Wildman–Crippen LogP) is 3.03. The summed E-state index contributed by atoms with van der Waals surface area (Å²) in [5.74, 6) is 1.31. The molecule has 84 valence electrons. The van der Waals surface area contributed by atoms with E-state index in [0.717, 1.165) is 25.0 Å². The quantitative estimate of drug-likeness (QED) is 0.771. The lowest BCUT2D eigenvalue weighted by Gasteiger charge is -2.05. The number of nitrogen functional groups attached to an aromatic ring is 1. The van der Waals surface area contributed by atoms with Crippen molar-refractivity contribution in [2.45, 2.75) is 0 Å². The molecule has 1 aromatic carbocycles. The number of nitrogens with two attached hydrogens (primary N) is 1. The second-order valence-corrected chi connectivity index (χ2v) is 5.08. The van der Waals surface area contributed by atoms with Gasteiger partial charge in [0.05, 0.1) is 20.8 Å². The van der Waals surface area contributed by atoms with Gasteiger partial charge < -0.3 is 10.5 Å². The third-order valence-corrected chi connectivity index (χ3v) is 3.88. The molecule has 6 heteroatoms. The number of ether oxygens (including phenoxy) is 1. The van der Waals surface area contributed by atoms with E-state index in [-0.39, 0.29) is 0 Å². The molecule has 3 N–H and O–H groups in total. The topological polar surface area (TPSA) is 63.9 Å². The van der Waals surface area contributed by atoms with Crippen LogP contribution in [0.1, 0.15) is 0 Å². The minimum atomic E-state index is 0.516. The summed E-state index contributed by atoms with van der Waals surface area (Å²) in [6.07, 6.45) is 0. The van der Waals surface area contributed by atoms with Gasteiger partial charge in [-0.25, -0.2) is 0 Å². The predicted molar refractivity (Wildman–Crippen MR) is 75.4 cm³/mol. The molecule has 0 saturated heterocycles. The van der Waals surface area contributed by atoms with Crippen LogP contribution in [0.25, 0.3) is 11.3 Å². The second-order valence-electron chi connectivity index (χ2n) is 3.15. The highest BCUT2D eigenvalue weighted by atomic mass is 127. The maximum atomic E-state index is 5.69. The SMILES string of the molecule is COc1ccc(-c2[nH]nc(N)c2I)cc1Br. The van der Waals surface area contributed by atoms with E-state index in [1.54, 1.807) is 7.11 Å². The van der Waals surface area contributed by atoms with Crippen LogP contribution in [0.3, 0.4) is 0 Å². The van der Waals surface area contributed by atoms with E-state index in [9.17, 15) is 0 Å². The zero-order chi connectivity index (χ0) is 11.7. The first-order chi connectivity index (χ1) is 7.63. The van der Waals surface area contributed by atoms with Gasteiger partial charge in [-0.3, -0.25) is 5.10 Å². The van der Waals surface area contributed by atoms with E-state index < -0.39 is 0 Å². The molecule has 0 saturated carbocycles. The molecule has 0 aliphatic carbocycles. The Kier molecular flexibility index (Phi) is 3.38. The van der Waals surface area contributed by atoms with Crippen molar-refractivity contribution in [3.63, 3.8) is 0 Å². The van der Waals surface area contributed by atoms with Crippen LogP contribution in [0, 0.1) is 3.57 Å². The van der Waals surface area contributed by atoms with Crippen LogP contribution in [0.5, 0.6) is 5.75 Å². The van der Waals surface area contributed by atoms with E-state index in [1.807, 2.05) is 18.2 Å². The fourth-order valence-corrected chi connectivity index (χ4v) is 2.45. The highest BCUT2D eigenvalue weighted by Gasteiger charge is 2.11. The molecule has 0 radical (unpaired) electrons. The number of halogens is 2. The molecular formula is C10H9BrIN3O. The number of methoxy groups -OCH3 is 1. The Labute approximate surface area is 115 Å². The lowest BCUT2D eigenvalue weighted by Crippen LogP contribution is -1.87. The number of hydrogen-bond donors (Lipinski definition) is 2. The van der Waals surface area contributed by atoms with Crippen molar-refractivity contribution in [3.8, 4) is 17.0 Å². The van der Waals surface area contributed by atoms with E-state index in [1.165, 1.54) is 0 Å². The summed E-state index contributed by atoms with van der Waals surface area (Å²) in [6, 6.07) is 5.82. The maximum absolute atomic E-state index is 5.69. The van der Waals surface area contributed by atoms with Crippen LogP contribution < -0.4 is 10.5 Å². The fraction of sp³-hybridized carbons (Fsp3) is 0.100.